The van der Waals surface area contributed by atoms with Gasteiger partial charge in [0.1, 0.15) is 6.10 Å². The Balaban J connectivity index is 1.54. The van der Waals surface area contributed by atoms with Gasteiger partial charge in [0.2, 0.25) is 5.91 Å². The monoisotopic (exact) mass is 363 g/mol. The van der Waals surface area contributed by atoms with Gasteiger partial charge < -0.3 is 10.1 Å². The van der Waals surface area contributed by atoms with Crippen LogP contribution in [0.2, 0.25) is 0 Å². The van der Waals surface area contributed by atoms with Crippen molar-refractivity contribution in [2.24, 2.45) is 0 Å². The summed E-state index contributed by atoms with van der Waals surface area (Å²) in [5.41, 5.74) is 4.03. The smallest absolute Gasteiger partial charge is 0.314 e. The third-order valence-corrected chi connectivity index (χ3v) is 5.76. The molecule has 0 saturated heterocycles. The van der Waals surface area contributed by atoms with Crippen LogP contribution >= 0.6 is 0 Å². The molecule has 1 fully saturated rings. The summed E-state index contributed by atoms with van der Waals surface area (Å²) in [7, 11) is 0. The molecule has 4 heteroatoms. The molecule has 2 aromatic rings. The number of esters is 1. The molecule has 2 aromatic carbocycles. The standard InChI is InChI=1S/C23H25NO3/c1-15-10-12-16(13-11-15)17-6-3-5-9-21(17)27-23(26)19-14-22(25)24-20-8-4-2-7-18(19)20/h2,4,7-8,10-13,17,19,21H,3,5-6,9,14H2,1H3,(H,24,25)/t17-,19+,21+/m0/s1. The van der Waals surface area contributed by atoms with E-state index >= 15 is 0 Å². The Morgan fingerprint density at radius 2 is 1.78 bits per heavy atom. The van der Waals surface area contributed by atoms with Gasteiger partial charge in [0.15, 0.2) is 0 Å². The van der Waals surface area contributed by atoms with E-state index in [1.165, 1.54) is 11.1 Å². The Kier molecular flexibility index (Phi) is 4.97. The average molecular weight is 363 g/mol. The Bertz CT molecular complexity index is 843. The van der Waals surface area contributed by atoms with Gasteiger partial charge in [0.25, 0.3) is 0 Å². The van der Waals surface area contributed by atoms with Gasteiger partial charge in [-0.25, -0.2) is 0 Å². The fourth-order valence-electron chi connectivity index (χ4n) is 4.29. The highest BCUT2D eigenvalue weighted by Crippen LogP contribution is 2.38. The lowest BCUT2D eigenvalue weighted by Crippen LogP contribution is -2.34. The van der Waals surface area contributed by atoms with Crippen molar-refractivity contribution >= 4 is 17.6 Å². The average Bonchev–Trinajstić information content (AvgIpc) is 2.68. The van der Waals surface area contributed by atoms with Crippen molar-refractivity contribution in [1.82, 2.24) is 0 Å². The number of hydrogen-bond donors (Lipinski definition) is 1. The summed E-state index contributed by atoms with van der Waals surface area (Å²) in [6, 6.07) is 16.0. The van der Waals surface area contributed by atoms with Crippen LogP contribution in [0.4, 0.5) is 5.69 Å². The quantitative estimate of drug-likeness (QED) is 0.805. The van der Waals surface area contributed by atoms with E-state index in [-0.39, 0.29) is 30.3 Å². The maximum Gasteiger partial charge on any atom is 0.314 e. The van der Waals surface area contributed by atoms with E-state index < -0.39 is 5.92 Å². The highest BCUT2D eigenvalue weighted by molar-refractivity contribution is 5.99. The minimum atomic E-state index is -0.518. The second kappa shape index (κ2) is 7.55. The number of carbonyl (C=O) groups excluding carboxylic acids is 2. The van der Waals surface area contributed by atoms with Gasteiger partial charge in [-0.3, -0.25) is 9.59 Å². The molecule has 0 unspecified atom stereocenters. The van der Waals surface area contributed by atoms with Crippen LogP contribution in [0.5, 0.6) is 0 Å². The number of carbonyl (C=O) groups is 2. The molecule has 1 heterocycles. The highest BCUT2D eigenvalue weighted by atomic mass is 16.5. The molecule has 0 aromatic heterocycles. The molecular weight excluding hydrogens is 338 g/mol. The Morgan fingerprint density at radius 1 is 1.04 bits per heavy atom. The van der Waals surface area contributed by atoms with Crippen LogP contribution in [-0.4, -0.2) is 18.0 Å². The van der Waals surface area contributed by atoms with Gasteiger partial charge in [-0.1, -0.05) is 54.4 Å². The Morgan fingerprint density at radius 3 is 2.59 bits per heavy atom. The summed E-state index contributed by atoms with van der Waals surface area (Å²) in [6.45, 7) is 2.08. The summed E-state index contributed by atoms with van der Waals surface area (Å²) in [5, 5.41) is 2.84. The number of rotatable bonds is 3. The summed E-state index contributed by atoms with van der Waals surface area (Å²) >= 11 is 0. The maximum atomic E-state index is 13.0. The predicted octanol–water partition coefficient (Wildman–Crippen LogP) is 4.69. The lowest BCUT2D eigenvalue weighted by Gasteiger charge is -2.33. The first kappa shape index (κ1) is 17.8. The number of amides is 1. The van der Waals surface area contributed by atoms with Crippen molar-refractivity contribution in [3.05, 3.63) is 65.2 Å². The van der Waals surface area contributed by atoms with Crippen LogP contribution in [0, 0.1) is 6.92 Å². The number of benzene rings is 2. The lowest BCUT2D eigenvalue weighted by molar-refractivity contribution is -0.154. The molecule has 27 heavy (non-hydrogen) atoms. The molecule has 0 radical (unpaired) electrons. The fraction of sp³-hybridized carbons (Fsp3) is 0.391. The maximum absolute atomic E-state index is 13.0. The minimum Gasteiger partial charge on any atom is -0.461 e. The van der Waals surface area contributed by atoms with E-state index in [1.807, 2.05) is 24.3 Å². The van der Waals surface area contributed by atoms with Gasteiger partial charge >= 0.3 is 5.97 Å². The second-order valence-corrected chi connectivity index (χ2v) is 7.67. The van der Waals surface area contributed by atoms with E-state index in [0.29, 0.717) is 0 Å². The van der Waals surface area contributed by atoms with Crippen molar-refractivity contribution in [2.75, 3.05) is 5.32 Å². The molecule has 3 atom stereocenters. The molecule has 0 bridgehead atoms. The van der Waals surface area contributed by atoms with Crippen LogP contribution in [0.15, 0.2) is 48.5 Å². The van der Waals surface area contributed by atoms with Crippen LogP contribution in [0.25, 0.3) is 0 Å². The van der Waals surface area contributed by atoms with Crippen molar-refractivity contribution in [3.63, 3.8) is 0 Å². The Labute approximate surface area is 159 Å². The molecule has 4 nitrogen and oxygen atoms in total. The third-order valence-electron chi connectivity index (χ3n) is 5.76. The zero-order chi connectivity index (χ0) is 18.8. The van der Waals surface area contributed by atoms with Crippen LogP contribution in [-0.2, 0) is 14.3 Å². The largest absolute Gasteiger partial charge is 0.461 e. The molecule has 1 aliphatic heterocycles. The van der Waals surface area contributed by atoms with Crippen LogP contribution < -0.4 is 5.32 Å². The summed E-state index contributed by atoms with van der Waals surface area (Å²) in [5.74, 6) is -0.692. The van der Waals surface area contributed by atoms with E-state index in [2.05, 4.69) is 36.5 Å². The summed E-state index contributed by atoms with van der Waals surface area (Å²) in [4.78, 5) is 25.0. The molecule has 0 spiro atoms. The van der Waals surface area contributed by atoms with E-state index in [1.54, 1.807) is 0 Å². The number of nitrogens with one attached hydrogen (secondary N) is 1. The first-order chi connectivity index (χ1) is 13.1. The highest BCUT2D eigenvalue weighted by Gasteiger charge is 2.36. The summed E-state index contributed by atoms with van der Waals surface area (Å²) < 4.78 is 6.01. The molecule has 4 rings (SSSR count). The molecule has 140 valence electrons. The normalized spacial score (nSPS) is 24.6. The van der Waals surface area contributed by atoms with Gasteiger partial charge in [0, 0.05) is 18.0 Å². The van der Waals surface area contributed by atoms with Crippen molar-refractivity contribution in [1.29, 1.82) is 0 Å². The van der Waals surface area contributed by atoms with Gasteiger partial charge in [-0.15, -0.1) is 0 Å². The van der Waals surface area contributed by atoms with Gasteiger partial charge in [-0.2, -0.15) is 0 Å². The summed E-state index contributed by atoms with van der Waals surface area (Å²) in [6.07, 6.45) is 4.17. The second-order valence-electron chi connectivity index (χ2n) is 7.67. The van der Waals surface area contributed by atoms with E-state index in [4.69, 9.17) is 4.74 Å². The third kappa shape index (κ3) is 3.75. The van der Waals surface area contributed by atoms with Gasteiger partial charge in [0.05, 0.1) is 5.92 Å². The Hall–Kier alpha value is -2.62. The zero-order valence-corrected chi connectivity index (χ0v) is 15.6. The van der Waals surface area contributed by atoms with Crippen LogP contribution in [0.3, 0.4) is 0 Å². The van der Waals surface area contributed by atoms with Crippen LogP contribution in [0.1, 0.15) is 60.6 Å². The first-order valence-corrected chi connectivity index (χ1v) is 9.77. The van der Waals surface area contributed by atoms with Crippen molar-refractivity contribution < 1.29 is 14.3 Å². The molecular formula is C23H25NO3. The number of para-hydroxylation sites is 1. The molecule has 1 amide bonds. The predicted molar refractivity (Wildman–Crippen MR) is 105 cm³/mol. The number of ether oxygens (including phenoxy) is 1. The SMILES string of the molecule is Cc1ccc([C@@H]2CCCC[C@H]2OC(=O)[C@@H]2CC(=O)Nc3ccccc32)cc1. The molecule has 1 saturated carbocycles. The fourth-order valence-corrected chi connectivity index (χ4v) is 4.29. The minimum absolute atomic E-state index is 0.119. The lowest BCUT2D eigenvalue weighted by atomic mass is 9.81. The number of anilines is 1. The van der Waals surface area contributed by atoms with E-state index in [0.717, 1.165) is 36.9 Å². The number of aryl methyl sites for hydroxylation is 1. The van der Waals surface area contributed by atoms with Crippen molar-refractivity contribution in [2.45, 2.75) is 57.0 Å². The topological polar surface area (TPSA) is 55.4 Å². The zero-order valence-electron chi connectivity index (χ0n) is 15.6. The molecule has 1 N–H and O–H groups in total. The van der Waals surface area contributed by atoms with E-state index in [9.17, 15) is 9.59 Å². The van der Waals surface area contributed by atoms with Crippen molar-refractivity contribution in [3.8, 4) is 0 Å². The molecule has 2 aliphatic rings. The number of fused-ring (bicyclic) bond motifs is 1. The van der Waals surface area contributed by atoms with Gasteiger partial charge in [-0.05, 0) is 43.4 Å². The first-order valence-electron chi connectivity index (χ1n) is 9.77. The molecule has 1 aliphatic carbocycles. The number of hydrogen-bond acceptors (Lipinski definition) is 3.